The maximum absolute atomic E-state index is 11.7. The minimum atomic E-state index is 0.289. The topological polar surface area (TPSA) is 49.6 Å². The summed E-state index contributed by atoms with van der Waals surface area (Å²) in [5.74, 6) is 0.289. The van der Waals surface area contributed by atoms with Gasteiger partial charge in [-0.1, -0.05) is 0 Å². The molecule has 0 spiro atoms. The number of hydrazine groups is 1. The molecule has 0 bridgehead atoms. The van der Waals surface area contributed by atoms with Crippen LogP contribution in [0.4, 0.5) is 0 Å². The Bertz CT molecular complexity index is 215. The third kappa shape index (κ3) is 2.07. The highest BCUT2D eigenvalue weighted by atomic mass is 16.2. The van der Waals surface area contributed by atoms with Crippen LogP contribution in [-0.4, -0.2) is 41.6 Å². The van der Waals surface area contributed by atoms with Gasteiger partial charge in [0.1, 0.15) is 0 Å². The van der Waals surface area contributed by atoms with Gasteiger partial charge in [0.2, 0.25) is 5.91 Å². The van der Waals surface area contributed by atoms with Crippen LogP contribution in [0.2, 0.25) is 0 Å². The van der Waals surface area contributed by atoms with Crippen molar-refractivity contribution in [3.63, 3.8) is 0 Å². The Hall–Kier alpha value is -0.610. The van der Waals surface area contributed by atoms with Gasteiger partial charge in [0.25, 0.3) is 0 Å². The fraction of sp³-hybridized carbons (Fsp3) is 0.900. The third-order valence-electron chi connectivity index (χ3n) is 2.92. The summed E-state index contributed by atoms with van der Waals surface area (Å²) in [5, 5.41) is 4.20. The molecule has 4 nitrogen and oxygen atoms in total. The van der Waals surface area contributed by atoms with Crippen molar-refractivity contribution in [1.29, 1.82) is 0 Å². The van der Waals surface area contributed by atoms with Gasteiger partial charge < -0.3 is 5.73 Å². The SMILES string of the molecule is NCCCN1C(=O)CCCN1C1CC1. The summed E-state index contributed by atoms with van der Waals surface area (Å²) in [6.45, 7) is 2.54. The molecule has 2 rings (SSSR count). The average molecular weight is 197 g/mol. The van der Waals surface area contributed by atoms with Crippen LogP contribution in [0.15, 0.2) is 0 Å². The van der Waals surface area contributed by atoms with Crippen LogP contribution in [0.1, 0.15) is 32.1 Å². The summed E-state index contributed by atoms with van der Waals surface area (Å²) in [7, 11) is 0. The van der Waals surface area contributed by atoms with Crippen molar-refractivity contribution >= 4 is 5.91 Å². The number of amides is 1. The van der Waals surface area contributed by atoms with Crippen molar-refractivity contribution < 1.29 is 4.79 Å². The summed E-state index contributed by atoms with van der Waals surface area (Å²) in [6, 6.07) is 0.650. The van der Waals surface area contributed by atoms with E-state index in [9.17, 15) is 4.79 Å². The Morgan fingerprint density at radius 2 is 2.21 bits per heavy atom. The zero-order chi connectivity index (χ0) is 9.97. The van der Waals surface area contributed by atoms with E-state index < -0.39 is 0 Å². The van der Waals surface area contributed by atoms with Gasteiger partial charge >= 0.3 is 0 Å². The first kappa shape index (κ1) is 9.93. The highest BCUT2D eigenvalue weighted by molar-refractivity contribution is 5.76. The summed E-state index contributed by atoms with van der Waals surface area (Å²) < 4.78 is 0. The molecule has 2 fully saturated rings. The zero-order valence-electron chi connectivity index (χ0n) is 8.61. The fourth-order valence-corrected chi connectivity index (χ4v) is 2.03. The van der Waals surface area contributed by atoms with Crippen LogP contribution in [0.5, 0.6) is 0 Å². The number of carbonyl (C=O) groups excluding carboxylic acids is 1. The van der Waals surface area contributed by atoms with Crippen LogP contribution in [-0.2, 0) is 4.79 Å². The van der Waals surface area contributed by atoms with Crippen LogP contribution in [0.3, 0.4) is 0 Å². The minimum Gasteiger partial charge on any atom is -0.330 e. The van der Waals surface area contributed by atoms with Gasteiger partial charge in [0, 0.05) is 25.6 Å². The summed E-state index contributed by atoms with van der Waals surface area (Å²) >= 11 is 0. The molecule has 14 heavy (non-hydrogen) atoms. The van der Waals surface area contributed by atoms with E-state index in [1.165, 1.54) is 12.8 Å². The van der Waals surface area contributed by atoms with E-state index in [-0.39, 0.29) is 5.91 Å². The molecule has 0 aromatic rings. The van der Waals surface area contributed by atoms with Crippen molar-refractivity contribution in [3.05, 3.63) is 0 Å². The lowest BCUT2D eigenvalue weighted by atomic mass is 10.2. The molecule has 0 radical (unpaired) electrons. The van der Waals surface area contributed by atoms with Gasteiger partial charge in [-0.15, -0.1) is 0 Å². The van der Waals surface area contributed by atoms with E-state index in [1.807, 2.05) is 5.01 Å². The summed E-state index contributed by atoms with van der Waals surface area (Å²) in [6.07, 6.45) is 5.16. The first-order valence-corrected chi connectivity index (χ1v) is 5.60. The van der Waals surface area contributed by atoms with Crippen molar-refractivity contribution in [1.82, 2.24) is 10.0 Å². The number of hydrogen-bond acceptors (Lipinski definition) is 3. The molecule has 1 amide bonds. The first-order valence-electron chi connectivity index (χ1n) is 5.60. The Morgan fingerprint density at radius 1 is 1.43 bits per heavy atom. The number of hydrogen-bond donors (Lipinski definition) is 1. The molecule has 1 heterocycles. The van der Waals surface area contributed by atoms with Crippen LogP contribution < -0.4 is 5.73 Å². The molecule has 2 N–H and O–H groups in total. The fourth-order valence-electron chi connectivity index (χ4n) is 2.03. The van der Waals surface area contributed by atoms with Crippen molar-refractivity contribution in [2.24, 2.45) is 5.73 Å². The van der Waals surface area contributed by atoms with Gasteiger partial charge in [-0.2, -0.15) is 0 Å². The van der Waals surface area contributed by atoms with E-state index in [0.717, 1.165) is 25.9 Å². The largest absolute Gasteiger partial charge is 0.330 e. The Morgan fingerprint density at radius 3 is 2.86 bits per heavy atom. The standard InChI is InChI=1S/C10H19N3O/c11-6-2-8-13-10(14)3-1-7-12(13)9-4-5-9/h9H,1-8,11H2. The number of nitrogens with zero attached hydrogens (tertiary/aromatic N) is 2. The monoisotopic (exact) mass is 197 g/mol. The van der Waals surface area contributed by atoms with Gasteiger partial charge in [-0.05, 0) is 32.2 Å². The van der Waals surface area contributed by atoms with Crippen LogP contribution in [0.25, 0.3) is 0 Å². The lowest BCUT2D eigenvalue weighted by Gasteiger charge is -2.38. The molecule has 80 valence electrons. The summed E-state index contributed by atoms with van der Waals surface area (Å²) in [5.41, 5.74) is 5.47. The maximum atomic E-state index is 11.7. The van der Waals surface area contributed by atoms with E-state index >= 15 is 0 Å². The molecule has 1 saturated carbocycles. The van der Waals surface area contributed by atoms with Gasteiger partial charge in [-0.25, -0.2) is 5.01 Å². The average Bonchev–Trinajstić information content (AvgIpc) is 2.99. The van der Waals surface area contributed by atoms with Crippen molar-refractivity contribution in [2.75, 3.05) is 19.6 Å². The Kier molecular flexibility index (Phi) is 3.03. The Balaban J connectivity index is 1.93. The van der Waals surface area contributed by atoms with Gasteiger partial charge in [0.15, 0.2) is 0 Å². The van der Waals surface area contributed by atoms with Crippen molar-refractivity contribution in [3.8, 4) is 0 Å². The van der Waals surface area contributed by atoms with Crippen molar-refractivity contribution in [2.45, 2.75) is 38.1 Å². The maximum Gasteiger partial charge on any atom is 0.236 e. The summed E-state index contributed by atoms with van der Waals surface area (Å²) in [4.78, 5) is 11.7. The molecular formula is C10H19N3O. The zero-order valence-corrected chi connectivity index (χ0v) is 8.61. The molecule has 1 aliphatic heterocycles. The molecular weight excluding hydrogens is 178 g/mol. The molecule has 0 aromatic carbocycles. The van der Waals surface area contributed by atoms with E-state index in [1.54, 1.807) is 0 Å². The predicted octanol–water partition coefficient (Wildman–Crippen LogP) is 0.337. The number of rotatable bonds is 4. The van der Waals surface area contributed by atoms with Crippen LogP contribution >= 0.6 is 0 Å². The highest BCUT2D eigenvalue weighted by Crippen LogP contribution is 2.30. The molecule has 0 atom stereocenters. The molecule has 1 aliphatic carbocycles. The van der Waals surface area contributed by atoms with Gasteiger partial charge in [0.05, 0.1) is 0 Å². The second-order valence-electron chi connectivity index (χ2n) is 4.16. The smallest absolute Gasteiger partial charge is 0.236 e. The first-order chi connectivity index (χ1) is 6.83. The lowest BCUT2D eigenvalue weighted by Crippen LogP contribution is -2.52. The van der Waals surface area contributed by atoms with Gasteiger partial charge in [-0.3, -0.25) is 9.80 Å². The van der Waals surface area contributed by atoms with E-state index in [0.29, 0.717) is 19.0 Å². The second-order valence-corrected chi connectivity index (χ2v) is 4.16. The quantitative estimate of drug-likeness (QED) is 0.707. The predicted molar refractivity (Wildman–Crippen MR) is 54.3 cm³/mol. The molecule has 2 aliphatic rings. The third-order valence-corrected chi connectivity index (χ3v) is 2.92. The molecule has 1 saturated heterocycles. The van der Waals surface area contributed by atoms with Crippen LogP contribution in [0, 0.1) is 0 Å². The molecule has 0 unspecified atom stereocenters. The highest BCUT2D eigenvalue weighted by Gasteiger charge is 2.36. The second kappa shape index (κ2) is 4.28. The minimum absolute atomic E-state index is 0.289. The molecule has 4 heteroatoms. The number of carbonyl (C=O) groups is 1. The number of nitrogens with two attached hydrogens (primary N) is 1. The Labute approximate surface area is 85.0 Å². The van der Waals surface area contributed by atoms with E-state index in [2.05, 4.69) is 5.01 Å². The molecule has 0 aromatic heterocycles. The normalized spacial score (nSPS) is 24.4. The lowest BCUT2D eigenvalue weighted by molar-refractivity contribution is -0.156. The van der Waals surface area contributed by atoms with E-state index in [4.69, 9.17) is 5.73 Å².